The maximum Gasteiger partial charge on any atom is 0.0790 e. The average Bonchev–Trinajstić information content (AvgIpc) is 2.64. The van der Waals surface area contributed by atoms with Crippen LogP contribution in [-0.4, -0.2) is 9.78 Å². The second-order valence-corrected chi connectivity index (χ2v) is 4.89. The van der Waals surface area contributed by atoms with Crippen molar-refractivity contribution in [3.8, 4) is 5.69 Å². The number of rotatable bonds is 2. The standard InChI is InChI=1S/C11H11BrClN3/c1-7(14)10-3-2-9(4-11(10)12)16-6-8(13)5-15-16/h2-7H,14H2,1H3/t7-/m1/s1. The van der Waals surface area contributed by atoms with Gasteiger partial charge in [-0.15, -0.1) is 0 Å². The molecule has 0 aliphatic heterocycles. The number of aromatic nitrogens is 2. The molecule has 0 saturated carbocycles. The summed E-state index contributed by atoms with van der Waals surface area (Å²) in [4.78, 5) is 0. The third-order valence-electron chi connectivity index (χ3n) is 2.29. The van der Waals surface area contributed by atoms with Crippen LogP contribution in [0, 0.1) is 0 Å². The predicted octanol–water partition coefficient (Wildman–Crippen LogP) is 3.31. The van der Waals surface area contributed by atoms with Crippen molar-refractivity contribution in [3.63, 3.8) is 0 Å². The highest BCUT2D eigenvalue weighted by atomic mass is 79.9. The summed E-state index contributed by atoms with van der Waals surface area (Å²) in [6.45, 7) is 1.95. The Bertz CT molecular complexity index is 508. The average molecular weight is 301 g/mol. The lowest BCUT2D eigenvalue weighted by molar-refractivity contribution is 0.809. The Kier molecular flexibility index (Phi) is 3.33. The smallest absolute Gasteiger partial charge is 0.0790 e. The molecule has 2 rings (SSSR count). The Morgan fingerprint density at radius 3 is 2.75 bits per heavy atom. The van der Waals surface area contributed by atoms with Crippen LogP contribution in [0.3, 0.4) is 0 Å². The Balaban J connectivity index is 2.42. The van der Waals surface area contributed by atoms with Gasteiger partial charge in [0.25, 0.3) is 0 Å². The molecule has 16 heavy (non-hydrogen) atoms. The molecule has 0 radical (unpaired) electrons. The van der Waals surface area contributed by atoms with E-state index in [1.807, 2.05) is 25.1 Å². The molecule has 0 unspecified atom stereocenters. The van der Waals surface area contributed by atoms with Crippen molar-refractivity contribution in [1.82, 2.24) is 9.78 Å². The molecule has 1 heterocycles. The fourth-order valence-electron chi connectivity index (χ4n) is 1.47. The highest BCUT2D eigenvalue weighted by Gasteiger charge is 2.07. The van der Waals surface area contributed by atoms with E-state index in [0.29, 0.717) is 5.02 Å². The number of hydrogen-bond donors (Lipinski definition) is 1. The Labute approximate surface area is 107 Å². The van der Waals surface area contributed by atoms with Crippen molar-refractivity contribution in [1.29, 1.82) is 0 Å². The van der Waals surface area contributed by atoms with E-state index in [1.165, 1.54) is 0 Å². The third kappa shape index (κ3) is 2.29. The number of hydrogen-bond acceptors (Lipinski definition) is 2. The molecule has 0 fully saturated rings. The number of benzene rings is 1. The van der Waals surface area contributed by atoms with Crippen LogP contribution in [-0.2, 0) is 0 Å². The lowest BCUT2D eigenvalue weighted by Crippen LogP contribution is -2.06. The van der Waals surface area contributed by atoms with E-state index < -0.39 is 0 Å². The molecule has 1 atom stereocenters. The van der Waals surface area contributed by atoms with Crippen LogP contribution in [0.15, 0.2) is 35.1 Å². The summed E-state index contributed by atoms with van der Waals surface area (Å²) < 4.78 is 2.70. The Hall–Kier alpha value is -0.840. The Morgan fingerprint density at radius 2 is 2.25 bits per heavy atom. The summed E-state index contributed by atoms with van der Waals surface area (Å²) in [6.07, 6.45) is 3.36. The molecule has 2 N–H and O–H groups in total. The van der Waals surface area contributed by atoms with E-state index in [1.54, 1.807) is 17.1 Å². The van der Waals surface area contributed by atoms with Crippen molar-refractivity contribution in [2.24, 2.45) is 5.73 Å². The topological polar surface area (TPSA) is 43.8 Å². The molecule has 84 valence electrons. The fourth-order valence-corrected chi connectivity index (χ4v) is 2.33. The maximum atomic E-state index is 5.83. The van der Waals surface area contributed by atoms with Gasteiger partial charge in [-0.05, 0) is 24.6 Å². The molecule has 0 amide bonds. The summed E-state index contributed by atoms with van der Waals surface area (Å²) in [7, 11) is 0. The van der Waals surface area contributed by atoms with Crippen LogP contribution >= 0.6 is 27.5 Å². The quantitative estimate of drug-likeness (QED) is 0.924. The summed E-state index contributed by atoms with van der Waals surface area (Å²) >= 11 is 9.31. The molecule has 0 aliphatic rings. The molecule has 1 aromatic heterocycles. The van der Waals surface area contributed by atoms with Crippen molar-refractivity contribution >= 4 is 27.5 Å². The van der Waals surface area contributed by atoms with E-state index >= 15 is 0 Å². The van der Waals surface area contributed by atoms with Gasteiger partial charge in [0.15, 0.2) is 0 Å². The molecule has 2 aromatic rings. The van der Waals surface area contributed by atoms with Crippen molar-refractivity contribution in [3.05, 3.63) is 45.7 Å². The maximum absolute atomic E-state index is 5.83. The van der Waals surface area contributed by atoms with Crippen LogP contribution in [0.2, 0.25) is 5.02 Å². The van der Waals surface area contributed by atoms with Crippen LogP contribution in [0.1, 0.15) is 18.5 Å². The van der Waals surface area contributed by atoms with E-state index in [2.05, 4.69) is 21.0 Å². The summed E-state index contributed by atoms with van der Waals surface area (Å²) in [5.41, 5.74) is 7.85. The van der Waals surface area contributed by atoms with Gasteiger partial charge in [-0.2, -0.15) is 5.10 Å². The van der Waals surface area contributed by atoms with E-state index in [-0.39, 0.29) is 6.04 Å². The van der Waals surface area contributed by atoms with Gasteiger partial charge in [0.2, 0.25) is 0 Å². The van der Waals surface area contributed by atoms with Gasteiger partial charge in [-0.25, -0.2) is 4.68 Å². The minimum absolute atomic E-state index is 0.00429. The fraction of sp³-hybridized carbons (Fsp3) is 0.182. The molecule has 1 aromatic carbocycles. The molecule has 0 aliphatic carbocycles. The molecule has 0 saturated heterocycles. The first-order valence-electron chi connectivity index (χ1n) is 4.83. The minimum atomic E-state index is 0.00429. The Morgan fingerprint density at radius 1 is 1.50 bits per heavy atom. The molecule has 0 bridgehead atoms. The molecule has 5 heteroatoms. The first kappa shape index (κ1) is 11.6. The molecular formula is C11H11BrClN3. The van der Waals surface area contributed by atoms with Gasteiger partial charge in [0, 0.05) is 16.7 Å². The van der Waals surface area contributed by atoms with Gasteiger partial charge < -0.3 is 5.73 Å². The normalized spacial score (nSPS) is 12.8. The summed E-state index contributed by atoms with van der Waals surface area (Å²) in [5, 5.41) is 4.75. The molecular weight excluding hydrogens is 289 g/mol. The van der Waals surface area contributed by atoms with Gasteiger partial charge in [-0.3, -0.25) is 0 Å². The first-order valence-corrected chi connectivity index (χ1v) is 6.00. The highest BCUT2D eigenvalue weighted by molar-refractivity contribution is 9.10. The molecule has 3 nitrogen and oxygen atoms in total. The zero-order valence-corrected chi connectivity index (χ0v) is 11.0. The third-order valence-corrected chi connectivity index (χ3v) is 3.17. The second kappa shape index (κ2) is 4.57. The lowest BCUT2D eigenvalue weighted by Gasteiger charge is -2.10. The predicted molar refractivity (Wildman–Crippen MR) is 68.9 cm³/mol. The van der Waals surface area contributed by atoms with Crippen LogP contribution < -0.4 is 5.73 Å². The van der Waals surface area contributed by atoms with Gasteiger partial charge >= 0.3 is 0 Å². The van der Waals surface area contributed by atoms with E-state index in [0.717, 1.165) is 15.7 Å². The summed E-state index contributed by atoms with van der Waals surface area (Å²) in [6, 6.07) is 5.93. The number of halogens is 2. The van der Waals surface area contributed by atoms with Crippen molar-refractivity contribution in [2.45, 2.75) is 13.0 Å². The van der Waals surface area contributed by atoms with Gasteiger partial charge in [0.05, 0.1) is 16.9 Å². The SMILES string of the molecule is C[C@@H](N)c1ccc(-n2cc(Cl)cn2)cc1Br. The van der Waals surface area contributed by atoms with Crippen LogP contribution in [0.5, 0.6) is 0 Å². The largest absolute Gasteiger partial charge is 0.324 e. The molecule has 0 spiro atoms. The zero-order chi connectivity index (χ0) is 11.7. The second-order valence-electron chi connectivity index (χ2n) is 3.60. The lowest BCUT2D eigenvalue weighted by atomic mass is 10.1. The minimum Gasteiger partial charge on any atom is -0.324 e. The summed E-state index contributed by atoms with van der Waals surface area (Å²) in [5.74, 6) is 0. The van der Waals surface area contributed by atoms with Crippen molar-refractivity contribution < 1.29 is 0 Å². The zero-order valence-electron chi connectivity index (χ0n) is 8.69. The van der Waals surface area contributed by atoms with Gasteiger partial charge in [-0.1, -0.05) is 33.6 Å². The number of nitrogens with zero attached hydrogens (tertiary/aromatic N) is 2. The monoisotopic (exact) mass is 299 g/mol. The first-order chi connectivity index (χ1) is 7.58. The van der Waals surface area contributed by atoms with E-state index in [9.17, 15) is 0 Å². The van der Waals surface area contributed by atoms with Crippen LogP contribution in [0.4, 0.5) is 0 Å². The van der Waals surface area contributed by atoms with E-state index in [4.69, 9.17) is 17.3 Å². The number of nitrogens with two attached hydrogens (primary N) is 1. The van der Waals surface area contributed by atoms with Crippen molar-refractivity contribution in [2.75, 3.05) is 0 Å². The van der Waals surface area contributed by atoms with Gasteiger partial charge in [0.1, 0.15) is 0 Å². The highest BCUT2D eigenvalue weighted by Crippen LogP contribution is 2.25. The van der Waals surface area contributed by atoms with Crippen LogP contribution in [0.25, 0.3) is 5.69 Å².